The summed E-state index contributed by atoms with van der Waals surface area (Å²) in [6.07, 6.45) is 2.02. The number of hydrogen-bond acceptors (Lipinski definition) is 2. The number of likely N-dealkylation sites (tertiary alicyclic amines) is 1. The van der Waals surface area contributed by atoms with Crippen LogP contribution in [-0.4, -0.2) is 29.1 Å². The molecule has 0 saturated carbocycles. The van der Waals surface area contributed by atoms with E-state index in [-0.39, 0.29) is 0 Å². The molecule has 126 valence electrons. The third-order valence-electron chi connectivity index (χ3n) is 4.76. The van der Waals surface area contributed by atoms with Crippen LogP contribution in [0.2, 0.25) is 0 Å². The molecule has 1 fully saturated rings. The van der Waals surface area contributed by atoms with Crippen LogP contribution in [-0.2, 0) is 6.54 Å². The Morgan fingerprint density at radius 2 is 1.96 bits per heavy atom. The Hall–Kier alpha value is -1.65. The van der Waals surface area contributed by atoms with E-state index < -0.39 is 5.97 Å². The van der Waals surface area contributed by atoms with E-state index >= 15 is 0 Å². The maximum Gasteiger partial charge on any atom is 0.335 e. The summed E-state index contributed by atoms with van der Waals surface area (Å²) in [5.74, 6) is -0.476. The topological polar surface area (TPSA) is 40.5 Å². The largest absolute Gasteiger partial charge is 0.478 e. The van der Waals surface area contributed by atoms with E-state index in [0.717, 1.165) is 48.1 Å². The quantitative estimate of drug-likeness (QED) is 0.815. The van der Waals surface area contributed by atoms with Crippen molar-refractivity contribution < 1.29 is 9.90 Å². The highest BCUT2D eigenvalue weighted by Crippen LogP contribution is 2.32. The van der Waals surface area contributed by atoms with Crippen LogP contribution >= 0.6 is 15.9 Å². The molecule has 3 nitrogen and oxygen atoms in total. The number of aryl methyl sites for hydroxylation is 1. The Balaban J connectivity index is 1.67. The molecule has 1 N–H and O–H groups in total. The second-order valence-corrected chi connectivity index (χ2v) is 7.49. The minimum absolute atomic E-state index is 0.342. The van der Waals surface area contributed by atoms with Crippen LogP contribution < -0.4 is 0 Å². The highest BCUT2D eigenvalue weighted by Gasteiger charge is 2.24. The molecule has 1 aliphatic rings. The number of nitrogens with zero attached hydrogens (tertiary/aromatic N) is 1. The van der Waals surface area contributed by atoms with E-state index in [4.69, 9.17) is 0 Å². The molecule has 0 unspecified atom stereocenters. The smallest absolute Gasteiger partial charge is 0.335 e. The van der Waals surface area contributed by atoms with E-state index in [0.29, 0.717) is 11.5 Å². The zero-order valence-corrected chi connectivity index (χ0v) is 15.4. The lowest BCUT2D eigenvalue weighted by Crippen LogP contribution is -2.32. The second kappa shape index (κ2) is 7.49. The summed E-state index contributed by atoms with van der Waals surface area (Å²) in [5.41, 5.74) is 3.91. The number of benzene rings is 2. The van der Waals surface area contributed by atoms with Gasteiger partial charge in [-0.05, 0) is 68.1 Å². The molecule has 1 heterocycles. The van der Waals surface area contributed by atoms with Crippen LogP contribution in [0.15, 0.2) is 46.9 Å². The van der Waals surface area contributed by atoms with Crippen molar-refractivity contribution >= 4 is 21.9 Å². The van der Waals surface area contributed by atoms with Gasteiger partial charge in [0, 0.05) is 11.0 Å². The molecular weight excluding hydrogens is 366 g/mol. The van der Waals surface area contributed by atoms with E-state index in [1.165, 1.54) is 5.56 Å². The van der Waals surface area contributed by atoms with E-state index in [9.17, 15) is 9.90 Å². The van der Waals surface area contributed by atoms with Crippen molar-refractivity contribution in [3.63, 3.8) is 0 Å². The number of carboxylic acids is 1. The monoisotopic (exact) mass is 387 g/mol. The molecule has 0 spiro atoms. The number of carbonyl (C=O) groups is 1. The minimum atomic E-state index is -0.818. The highest BCUT2D eigenvalue weighted by atomic mass is 79.9. The van der Waals surface area contributed by atoms with Gasteiger partial charge in [0.1, 0.15) is 0 Å². The first kappa shape index (κ1) is 17.2. The minimum Gasteiger partial charge on any atom is -0.478 e. The standard InChI is InChI=1S/C20H22BrNO2/c1-14-5-6-18(20(23)24)19(11-14)16-7-9-22(10-8-16)13-15-3-2-4-17(21)12-15/h2-6,11-12,16H,7-10,13H2,1H3,(H,23,24). The molecule has 2 aromatic carbocycles. The number of halogens is 1. The Kier molecular flexibility index (Phi) is 5.36. The number of piperidine rings is 1. The first-order valence-electron chi connectivity index (χ1n) is 8.33. The molecule has 24 heavy (non-hydrogen) atoms. The summed E-state index contributed by atoms with van der Waals surface area (Å²) >= 11 is 3.52. The number of aromatic carboxylic acids is 1. The summed E-state index contributed by atoms with van der Waals surface area (Å²) in [4.78, 5) is 14.0. The van der Waals surface area contributed by atoms with Gasteiger partial charge < -0.3 is 5.11 Å². The van der Waals surface area contributed by atoms with Gasteiger partial charge in [-0.1, -0.05) is 45.8 Å². The van der Waals surface area contributed by atoms with Crippen molar-refractivity contribution in [1.29, 1.82) is 0 Å². The molecule has 2 aromatic rings. The summed E-state index contributed by atoms with van der Waals surface area (Å²) in [7, 11) is 0. The Morgan fingerprint density at radius 1 is 1.21 bits per heavy atom. The SMILES string of the molecule is Cc1ccc(C(=O)O)c(C2CCN(Cc3cccc(Br)c3)CC2)c1. The Bertz CT molecular complexity index is 736. The van der Waals surface area contributed by atoms with Crippen molar-refractivity contribution in [2.75, 3.05) is 13.1 Å². The number of carboxylic acid groups (broad SMARTS) is 1. The van der Waals surface area contributed by atoms with Crippen molar-refractivity contribution in [2.45, 2.75) is 32.2 Å². The lowest BCUT2D eigenvalue weighted by molar-refractivity contribution is 0.0694. The molecule has 0 aliphatic carbocycles. The van der Waals surface area contributed by atoms with Crippen molar-refractivity contribution in [2.24, 2.45) is 0 Å². The van der Waals surface area contributed by atoms with Crippen LogP contribution in [0.25, 0.3) is 0 Å². The van der Waals surface area contributed by atoms with Crippen LogP contribution in [0.1, 0.15) is 45.8 Å². The normalized spacial score (nSPS) is 16.2. The molecule has 0 bridgehead atoms. The van der Waals surface area contributed by atoms with Gasteiger partial charge in [-0.3, -0.25) is 4.90 Å². The maximum absolute atomic E-state index is 11.5. The van der Waals surface area contributed by atoms with Gasteiger partial charge >= 0.3 is 5.97 Å². The third-order valence-corrected chi connectivity index (χ3v) is 5.25. The zero-order valence-electron chi connectivity index (χ0n) is 13.8. The molecule has 0 aromatic heterocycles. The van der Waals surface area contributed by atoms with Gasteiger partial charge in [-0.25, -0.2) is 4.79 Å². The maximum atomic E-state index is 11.5. The average Bonchev–Trinajstić information content (AvgIpc) is 2.55. The molecular formula is C20H22BrNO2. The first-order chi connectivity index (χ1) is 11.5. The highest BCUT2D eigenvalue weighted by molar-refractivity contribution is 9.10. The fourth-order valence-electron chi connectivity index (χ4n) is 3.51. The van der Waals surface area contributed by atoms with E-state index in [2.05, 4.69) is 45.1 Å². The molecule has 0 atom stereocenters. The lowest BCUT2D eigenvalue weighted by Gasteiger charge is -2.33. The van der Waals surface area contributed by atoms with E-state index in [1.807, 2.05) is 19.1 Å². The molecule has 4 heteroatoms. The molecule has 0 radical (unpaired) electrons. The predicted molar refractivity (Wildman–Crippen MR) is 99.5 cm³/mol. The van der Waals surface area contributed by atoms with Gasteiger partial charge in [0.15, 0.2) is 0 Å². The van der Waals surface area contributed by atoms with Crippen LogP contribution in [0.3, 0.4) is 0 Å². The first-order valence-corrected chi connectivity index (χ1v) is 9.13. The molecule has 1 saturated heterocycles. The van der Waals surface area contributed by atoms with E-state index in [1.54, 1.807) is 6.07 Å². The fraction of sp³-hybridized carbons (Fsp3) is 0.350. The number of hydrogen-bond donors (Lipinski definition) is 1. The lowest BCUT2D eigenvalue weighted by atomic mass is 9.85. The van der Waals surface area contributed by atoms with Crippen LogP contribution in [0.4, 0.5) is 0 Å². The van der Waals surface area contributed by atoms with Gasteiger partial charge in [0.05, 0.1) is 5.56 Å². The van der Waals surface area contributed by atoms with Gasteiger partial charge in [0.2, 0.25) is 0 Å². The molecule has 3 rings (SSSR count). The zero-order chi connectivity index (χ0) is 17.1. The summed E-state index contributed by atoms with van der Waals surface area (Å²) in [5, 5.41) is 9.45. The molecule has 0 amide bonds. The van der Waals surface area contributed by atoms with Gasteiger partial charge in [0.25, 0.3) is 0 Å². The third kappa shape index (κ3) is 4.05. The molecule has 1 aliphatic heterocycles. The Morgan fingerprint density at radius 3 is 2.62 bits per heavy atom. The Labute approximate surface area is 151 Å². The van der Waals surface area contributed by atoms with Crippen LogP contribution in [0.5, 0.6) is 0 Å². The van der Waals surface area contributed by atoms with Gasteiger partial charge in [-0.2, -0.15) is 0 Å². The summed E-state index contributed by atoms with van der Waals surface area (Å²) < 4.78 is 1.11. The summed E-state index contributed by atoms with van der Waals surface area (Å²) in [6, 6.07) is 14.1. The summed E-state index contributed by atoms with van der Waals surface area (Å²) in [6.45, 7) is 4.98. The second-order valence-electron chi connectivity index (χ2n) is 6.58. The van der Waals surface area contributed by atoms with Gasteiger partial charge in [-0.15, -0.1) is 0 Å². The average molecular weight is 388 g/mol. The van der Waals surface area contributed by atoms with Crippen LogP contribution in [0, 0.1) is 6.92 Å². The van der Waals surface area contributed by atoms with Crippen molar-refractivity contribution in [1.82, 2.24) is 4.90 Å². The van der Waals surface area contributed by atoms with Crippen molar-refractivity contribution in [3.8, 4) is 0 Å². The van der Waals surface area contributed by atoms with Crippen molar-refractivity contribution in [3.05, 3.63) is 69.2 Å². The number of rotatable bonds is 4. The fourth-order valence-corrected chi connectivity index (χ4v) is 3.96. The predicted octanol–water partition coefficient (Wildman–Crippen LogP) is 4.84.